The maximum atomic E-state index is 12.9. The van der Waals surface area contributed by atoms with Crippen LogP contribution >= 0.6 is 0 Å². The summed E-state index contributed by atoms with van der Waals surface area (Å²) in [7, 11) is -1.97. The molecule has 25 heavy (non-hydrogen) atoms. The van der Waals surface area contributed by atoms with Crippen molar-refractivity contribution in [2.45, 2.75) is 22.8 Å². The first-order chi connectivity index (χ1) is 12.1. The number of aromatic nitrogens is 2. The fourth-order valence-corrected chi connectivity index (χ4v) is 4.15. The van der Waals surface area contributed by atoms with Gasteiger partial charge in [0.25, 0.3) is 0 Å². The number of para-hydroxylation sites is 1. The van der Waals surface area contributed by atoms with Gasteiger partial charge in [-0.15, -0.1) is 0 Å². The molecule has 6 nitrogen and oxygen atoms in total. The van der Waals surface area contributed by atoms with Gasteiger partial charge in [0.15, 0.2) is 5.03 Å². The highest BCUT2D eigenvalue weighted by atomic mass is 32.2. The first-order valence-corrected chi connectivity index (χ1v) is 9.62. The number of nitrogens with zero attached hydrogens (tertiary/aromatic N) is 2. The molecule has 0 spiro atoms. The van der Waals surface area contributed by atoms with Gasteiger partial charge in [-0.2, -0.15) is 5.10 Å². The van der Waals surface area contributed by atoms with Crippen LogP contribution in [0.25, 0.3) is 10.9 Å². The van der Waals surface area contributed by atoms with E-state index in [2.05, 4.69) is 5.10 Å². The van der Waals surface area contributed by atoms with E-state index in [4.69, 9.17) is 10.5 Å². The average Bonchev–Trinajstić information content (AvgIpc) is 2.98. The van der Waals surface area contributed by atoms with E-state index in [1.165, 1.54) is 0 Å². The second-order valence-corrected chi connectivity index (χ2v) is 7.61. The van der Waals surface area contributed by atoms with Crippen molar-refractivity contribution in [1.82, 2.24) is 9.78 Å². The van der Waals surface area contributed by atoms with E-state index in [0.717, 1.165) is 12.8 Å². The number of benzene rings is 2. The lowest BCUT2D eigenvalue weighted by atomic mass is 10.2. The molecule has 0 aliphatic rings. The SMILES string of the molecule is Cn1nc(S(=O)(=O)c2ccccc2)c2cccc(OCCCCN)c21. The highest BCUT2D eigenvalue weighted by Gasteiger charge is 2.25. The van der Waals surface area contributed by atoms with Gasteiger partial charge < -0.3 is 10.5 Å². The Hall–Kier alpha value is -2.38. The van der Waals surface area contributed by atoms with Crippen LogP contribution in [0, 0.1) is 0 Å². The number of unbranched alkanes of at least 4 members (excludes halogenated alkanes) is 1. The van der Waals surface area contributed by atoms with Crippen LogP contribution in [0.15, 0.2) is 58.5 Å². The van der Waals surface area contributed by atoms with Crippen molar-refractivity contribution in [3.8, 4) is 5.75 Å². The van der Waals surface area contributed by atoms with Gasteiger partial charge in [-0.05, 0) is 43.7 Å². The number of sulfone groups is 1. The summed E-state index contributed by atoms with van der Waals surface area (Å²) in [5, 5.41) is 4.87. The van der Waals surface area contributed by atoms with Gasteiger partial charge in [0.1, 0.15) is 11.3 Å². The van der Waals surface area contributed by atoms with Crippen LogP contribution in [0.4, 0.5) is 0 Å². The van der Waals surface area contributed by atoms with Crippen molar-refractivity contribution in [3.05, 3.63) is 48.5 Å². The van der Waals surface area contributed by atoms with E-state index in [1.807, 2.05) is 6.07 Å². The van der Waals surface area contributed by atoms with E-state index >= 15 is 0 Å². The number of hydrogen-bond donors (Lipinski definition) is 1. The average molecular weight is 359 g/mol. The van der Waals surface area contributed by atoms with E-state index < -0.39 is 9.84 Å². The normalized spacial score (nSPS) is 11.8. The molecule has 1 heterocycles. The van der Waals surface area contributed by atoms with Crippen LogP contribution in [-0.2, 0) is 16.9 Å². The molecule has 0 bridgehead atoms. The summed E-state index contributed by atoms with van der Waals surface area (Å²) in [6.45, 7) is 1.15. The molecule has 2 aromatic carbocycles. The van der Waals surface area contributed by atoms with Crippen molar-refractivity contribution >= 4 is 20.7 Å². The third-order valence-electron chi connectivity index (χ3n) is 3.96. The lowest BCUT2D eigenvalue weighted by Gasteiger charge is -2.08. The smallest absolute Gasteiger partial charge is 0.226 e. The number of nitrogens with two attached hydrogens (primary N) is 1. The fraction of sp³-hybridized carbons (Fsp3) is 0.278. The number of aryl methyl sites for hydroxylation is 1. The number of ether oxygens (including phenoxy) is 1. The first kappa shape index (κ1) is 17.4. The van der Waals surface area contributed by atoms with E-state index in [1.54, 1.807) is 54.2 Å². The predicted molar refractivity (Wildman–Crippen MR) is 96.4 cm³/mol. The largest absolute Gasteiger partial charge is 0.491 e. The van der Waals surface area contributed by atoms with E-state index in [9.17, 15) is 8.42 Å². The summed E-state index contributed by atoms with van der Waals surface area (Å²) in [4.78, 5) is 0.226. The fourth-order valence-electron chi connectivity index (χ4n) is 2.72. The number of rotatable bonds is 7. The number of fused-ring (bicyclic) bond motifs is 1. The summed E-state index contributed by atoms with van der Waals surface area (Å²) >= 11 is 0. The van der Waals surface area contributed by atoms with E-state index in [-0.39, 0.29) is 9.92 Å². The first-order valence-electron chi connectivity index (χ1n) is 8.14. The molecule has 0 atom stereocenters. The van der Waals surface area contributed by atoms with Crippen LogP contribution in [0.3, 0.4) is 0 Å². The quantitative estimate of drug-likeness (QED) is 0.655. The van der Waals surface area contributed by atoms with Gasteiger partial charge in [0, 0.05) is 12.4 Å². The third-order valence-corrected chi connectivity index (χ3v) is 5.66. The Bertz CT molecular complexity index is 966. The maximum Gasteiger partial charge on any atom is 0.226 e. The lowest BCUT2D eigenvalue weighted by molar-refractivity contribution is 0.310. The molecular weight excluding hydrogens is 338 g/mol. The molecule has 0 fully saturated rings. The molecular formula is C18H21N3O3S. The lowest BCUT2D eigenvalue weighted by Crippen LogP contribution is -2.04. The van der Waals surface area contributed by atoms with Crippen molar-refractivity contribution < 1.29 is 13.2 Å². The molecule has 2 N–H and O–H groups in total. The summed E-state index contributed by atoms with van der Waals surface area (Å²) in [5.41, 5.74) is 6.16. The molecule has 3 rings (SSSR count). The predicted octanol–water partition coefficient (Wildman–Crippen LogP) is 2.52. The van der Waals surface area contributed by atoms with Crippen LogP contribution in [-0.4, -0.2) is 31.3 Å². The van der Waals surface area contributed by atoms with Crippen LogP contribution in [0.5, 0.6) is 5.75 Å². The molecule has 0 unspecified atom stereocenters. The van der Waals surface area contributed by atoms with Crippen LogP contribution < -0.4 is 10.5 Å². The number of hydrogen-bond acceptors (Lipinski definition) is 5. The molecule has 0 saturated heterocycles. The van der Waals surface area contributed by atoms with Crippen molar-refractivity contribution in [1.29, 1.82) is 0 Å². The summed E-state index contributed by atoms with van der Waals surface area (Å²) < 4.78 is 33.3. The van der Waals surface area contributed by atoms with Gasteiger partial charge >= 0.3 is 0 Å². The van der Waals surface area contributed by atoms with Gasteiger partial charge in [-0.25, -0.2) is 8.42 Å². The van der Waals surface area contributed by atoms with Gasteiger partial charge in [0.05, 0.1) is 11.5 Å². The molecule has 0 aliphatic carbocycles. The molecule has 0 radical (unpaired) electrons. The molecule has 0 aliphatic heterocycles. The van der Waals surface area contributed by atoms with Crippen molar-refractivity contribution in [2.24, 2.45) is 12.8 Å². The summed E-state index contributed by atoms with van der Waals surface area (Å²) in [6.07, 6.45) is 1.73. The summed E-state index contributed by atoms with van der Waals surface area (Å²) in [5.74, 6) is 0.624. The Morgan fingerprint density at radius 3 is 2.56 bits per heavy atom. The molecule has 3 aromatic rings. The van der Waals surface area contributed by atoms with E-state index in [0.29, 0.717) is 29.8 Å². The van der Waals surface area contributed by atoms with Crippen LogP contribution in [0.1, 0.15) is 12.8 Å². The Morgan fingerprint density at radius 2 is 1.84 bits per heavy atom. The van der Waals surface area contributed by atoms with Gasteiger partial charge in [-0.3, -0.25) is 4.68 Å². The Balaban J connectivity index is 2.04. The van der Waals surface area contributed by atoms with Gasteiger partial charge in [-0.1, -0.05) is 24.3 Å². The Morgan fingerprint density at radius 1 is 1.08 bits per heavy atom. The van der Waals surface area contributed by atoms with Crippen LogP contribution in [0.2, 0.25) is 0 Å². The second kappa shape index (κ2) is 7.25. The minimum Gasteiger partial charge on any atom is -0.491 e. The minimum atomic E-state index is -3.69. The zero-order chi connectivity index (χ0) is 17.9. The topological polar surface area (TPSA) is 87.2 Å². The molecule has 0 amide bonds. The van der Waals surface area contributed by atoms with Crippen molar-refractivity contribution in [3.63, 3.8) is 0 Å². The third kappa shape index (κ3) is 3.38. The Kier molecular flexibility index (Phi) is 5.06. The standard InChI is InChI=1S/C18H21N3O3S/c1-21-17-15(10-7-11-16(17)24-13-6-5-12-19)18(20-21)25(22,23)14-8-3-2-4-9-14/h2-4,7-11H,5-6,12-13,19H2,1H3. The second-order valence-electron chi connectivity index (χ2n) is 5.74. The molecule has 0 saturated carbocycles. The molecule has 132 valence electrons. The zero-order valence-electron chi connectivity index (χ0n) is 14.1. The zero-order valence-corrected chi connectivity index (χ0v) is 14.9. The maximum absolute atomic E-state index is 12.9. The highest BCUT2D eigenvalue weighted by Crippen LogP contribution is 2.32. The van der Waals surface area contributed by atoms with Gasteiger partial charge in [0.2, 0.25) is 9.84 Å². The van der Waals surface area contributed by atoms with Crippen molar-refractivity contribution in [2.75, 3.05) is 13.2 Å². The highest BCUT2D eigenvalue weighted by molar-refractivity contribution is 7.91. The monoisotopic (exact) mass is 359 g/mol. The minimum absolute atomic E-state index is 0.0450. The Labute approximate surface area is 147 Å². The molecule has 7 heteroatoms. The summed E-state index contributed by atoms with van der Waals surface area (Å²) in [6, 6.07) is 13.7. The molecule has 1 aromatic heterocycles.